The number of halogens is 1. The summed E-state index contributed by atoms with van der Waals surface area (Å²) >= 11 is 3.47. The summed E-state index contributed by atoms with van der Waals surface area (Å²) in [6.45, 7) is 2.36. The Hall–Kier alpha value is -2.40. The third-order valence-corrected chi connectivity index (χ3v) is 4.56. The first kappa shape index (κ1) is 17.4. The molecule has 0 saturated carbocycles. The van der Waals surface area contributed by atoms with Gasteiger partial charge in [-0.1, -0.05) is 34.1 Å². The first-order valence-corrected chi connectivity index (χ1v) is 8.73. The lowest BCUT2D eigenvalue weighted by molar-refractivity contribution is 0.0786. The summed E-state index contributed by atoms with van der Waals surface area (Å²) in [5, 5.41) is 0.867. The zero-order valence-electron chi connectivity index (χ0n) is 14.4. The third kappa shape index (κ3) is 3.66. The monoisotopic (exact) mass is 398 g/mol. The fourth-order valence-corrected chi connectivity index (χ4v) is 3.30. The normalized spacial score (nSPS) is 10.7. The van der Waals surface area contributed by atoms with Crippen LogP contribution in [0.15, 0.2) is 53.0 Å². The smallest absolute Gasteiger partial charge is 0.254 e. The number of carbonyl (C=O) groups excluding carboxylic acids is 1. The van der Waals surface area contributed by atoms with Crippen molar-refractivity contribution < 1.29 is 9.53 Å². The zero-order chi connectivity index (χ0) is 18.0. The Labute approximate surface area is 155 Å². The first-order chi connectivity index (χ1) is 12.0. The van der Waals surface area contributed by atoms with Crippen LogP contribution in [0.4, 0.5) is 0 Å². The Kier molecular flexibility index (Phi) is 5.04. The summed E-state index contributed by atoms with van der Waals surface area (Å²) in [4.78, 5) is 19.2. The van der Waals surface area contributed by atoms with Crippen molar-refractivity contribution >= 4 is 32.7 Å². The van der Waals surface area contributed by atoms with E-state index in [1.54, 1.807) is 19.1 Å². The fourth-order valence-electron chi connectivity index (χ4n) is 2.89. The Bertz CT molecular complexity index is 940. The summed E-state index contributed by atoms with van der Waals surface area (Å²) in [5.41, 5.74) is 3.28. The van der Waals surface area contributed by atoms with Crippen molar-refractivity contribution in [2.45, 2.75) is 13.5 Å². The molecule has 128 valence electrons. The molecular formula is C20H19BrN2O2. The van der Waals surface area contributed by atoms with Gasteiger partial charge >= 0.3 is 0 Å². The number of benzene rings is 2. The summed E-state index contributed by atoms with van der Waals surface area (Å²) < 4.78 is 6.36. The van der Waals surface area contributed by atoms with E-state index in [-0.39, 0.29) is 5.91 Å². The van der Waals surface area contributed by atoms with Gasteiger partial charge in [0, 0.05) is 34.7 Å². The minimum absolute atomic E-state index is 0.0382. The van der Waals surface area contributed by atoms with Gasteiger partial charge in [0.1, 0.15) is 5.75 Å². The topological polar surface area (TPSA) is 42.4 Å². The second-order valence-electron chi connectivity index (χ2n) is 5.95. The molecule has 1 aromatic heterocycles. The van der Waals surface area contributed by atoms with Crippen LogP contribution in [-0.2, 0) is 6.54 Å². The molecule has 3 rings (SSSR count). The lowest BCUT2D eigenvalue weighted by Gasteiger charge is -2.20. The Balaban J connectivity index is 1.95. The van der Waals surface area contributed by atoms with Gasteiger partial charge in [0.25, 0.3) is 5.91 Å². The second-order valence-corrected chi connectivity index (χ2v) is 6.86. The summed E-state index contributed by atoms with van der Waals surface area (Å²) in [5.74, 6) is 0.724. The van der Waals surface area contributed by atoms with Crippen molar-refractivity contribution in [3.05, 3.63) is 69.8 Å². The molecule has 1 heterocycles. The predicted molar refractivity (Wildman–Crippen MR) is 103 cm³/mol. The number of ether oxygens (including phenoxy) is 1. The highest BCUT2D eigenvalue weighted by atomic mass is 79.9. The molecular weight excluding hydrogens is 380 g/mol. The SMILES string of the molecule is COc1ccc(Br)cc1CN(C)C(=O)c1cc(C)nc2ccccc12. The van der Waals surface area contributed by atoms with Crippen LogP contribution in [-0.4, -0.2) is 29.9 Å². The van der Waals surface area contributed by atoms with Crippen molar-refractivity contribution in [2.24, 2.45) is 0 Å². The van der Waals surface area contributed by atoms with Crippen LogP contribution in [0.25, 0.3) is 10.9 Å². The quantitative estimate of drug-likeness (QED) is 0.645. The molecule has 0 aliphatic rings. The molecule has 0 aliphatic heterocycles. The van der Waals surface area contributed by atoms with E-state index in [4.69, 9.17) is 4.74 Å². The molecule has 1 amide bonds. The van der Waals surface area contributed by atoms with E-state index in [1.807, 2.05) is 55.5 Å². The van der Waals surface area contributed by atoms with Gasteiger partial charge < -0.3 is 9.64 Å². The molecule has 0 N–H and O–H groups in total. The largest absolute Gasteiger partial charge is 0.496 e. The Morgan fingerprint density at radius 3 is 2.72 bits per heavy atom. The number of hydrogen-bond donors (Lipinski definition) is 0. The first-order valence-electron chi connectivity index (χ1n) is 7.94. The lowest BCUT2D eigenvalue weighted by atomic mass is 10.1. The van der Waals surface area contributed by atoms with Crippen LogP contribution in [0.1, 0.15) is 21.6 Å². The van der Waals surface area contributed by atoms with Gasteiger partial charge in [-0.15, -0.1) is 0 Å². The number of rotatable bonds is 4. The van der Waals surface area contributed by atoms with E-state index in [0.717, 1.165) is 32.4 Å². The summed E-state index contributed by atoms with van der Waals surface area (Å²) in [6.07, 6.45) is 0. The number of aryl methyl sites for hydroxylation is 1. The maximum atomic E-state index is 13.0. The molecule has 0 saturated heterocycles. The zero-order valence-corrected chi connectivity index (χ0v) is 16.0. The second kappa shape index (κ2) is 7.23. The Morgan fingerprint density at radius 1 is 1.20 bits per heavy atom. The van der Waals surface area contributed by atoms with Gasteiger partial charge in [0.15, 0.2) is 0 Å². The van der Waals surface area contributed by atoms with Crippen LogP contribution < -0.4 is 4.74 Å². The summed E-state index contributed by atoms with van der Waals surface area (Å²) in [6, 6.07) is 15.3. The van der Waals surface area contributed by atoms with E-state index in [1.165, 1.54) is 0 Å². The molecule has 0 fully saturated rings. The van der Waals surface area contributed by atoms with Gasteiger partial charge in [-0.3, -0.25) is 9.78 Å². The van der Waals surface area contributed by atoms with Crippen molar-refractivity contribution in [3.63, 3.8) is 0 Å². The highest BCUT2D eigenvalue weighted by Crippen LogP contribution is 2.25. The van der Waals surface area contributed by atoms with Gasteiger partial charge in [0.05, 0.1) is 18.2 Å². The molecule has 0 bridgehead atoms. The fraction of sp³-hybridized carbons (Fsp3) is 0.200. The molecule has 0 radical (unpaired) electrons. The minimum Gasteiger partial charge on any atom is -0.496 e. The molecule has 0 spiro atoms. The number of fused-ring (bicyclic) bond motifs is 1. The maximum absolute atomic E-state index is 13.0. The minimum atomic E-state index is -0.0382. The van der Waals surface area contributed by atoms with E-state index in [0.29, 0.717) is 12.1 Å². The van der Waals surface area contributed by atoms with Crippen LogP contribution >= 0.6 is 15.9 Å². The molecule has 5 heteroatoms. The van der Waals surface area contributed by atoms with Crippen molar-refractivity contribution in [1.29, 1.82) is 0 Å². The number of pyridine rings is 1. The highest BCUT2D eigenvalue weighted by Gasteiger charge is 2.17. The summed E-state index contributed by atoms with van der Waals surface area (Å²) in [7, 11) is 3.43. The highest BCUT2D eigenvalue weighted by molar-refractivity contribution is 9.10. The molecule has 25 heavy (non-hydrogen) atoms. The number of nitrogens with zero attached hydrogens (tertiary/aromatic N) is 2. The van der Waals surface area contributed by atoms with E-state index < -0.39 is 0 Å². The molecule has 0 atom stereocenters. The van der Waals surface area contributed by atoms with Crippen molar-refractivity contribution in [2.75, 3.05) is 14.2 Å². The number of amides is 1. The molecule has 0 aliphatic carbocycles. The van der Waals surface area contributed by atoms with Gasteiger partial charge in [0.2, 0.25) is 0 Å². The number of carbonyl (C=O) groups is 1. The van der Waals surface area contributed by atoms with Crippen LogP contribution in [0.2, 0.25) is 0 Å². The number of para-hydroxylation sites is 1. The van der Waals surface area contributed by atoms with Crippen LogP contribution in [0.3, 0.4) is 0 Å². The van der Waals surface area contributed by atoms with Crippen molar-refractivity contribution in [1.82, 2.24) is 9.88 Å². The average Bonchev–Trinajstić information content (AvgIpc) is 2.60. The number of aromatic nitrogens is 1. The molecule has 2 aromatic carbocycles. The molecule has 0 unspecified atom stereocenters. The number of methoxy groups -OCH3 is 1. The lowest BCUT2D eigenvalue weighted by Crippen LogP contribution is -2.26. The molecule has 4 nitrogen and oxygen atoms in total. The molecule has 3 aromatic rings. The van der Waals surface area contributed by atoms with Crippen LogP contribution in [0, 0.1) is 6.92 Å². The number of hydrogen-bond acceptors (Lipinski definition) is 3. The maximum Gasteiger partial charge on any atom is 0.254 e. The van der Waals surface area contributed by atoms with Crippen molar-refractivity contribution in [3.8, 4) is 5.75 Å². The van der Waals surface area contributed by atoms with E-state index in [9.17, 15) is 4.79 Å². The van der Waals surface area contributed by atoms with Gasteiger partial charge in [-0.05, 0) is 37.3 Å². The standard InChI is InChI=1S/C20H19BrN2O2/c1-13-10-17(16-6-4-5-7-18(16)22-13)20(24)23(2)12-14-11-15(21)8-9-19(14)25-3/h4-11H,12H2,1-3H3. The average molecular weight is 399 g/mol. The third-order valence-electron chi connectivity index (χ3n) is 4.07. The van der Waals surface area contributed by atoms with Crippen LogP contribution in [0.5, 0.6) is 5.75 Å². The van der Waals surface area contributed by atoms with E-state index >= 15 is 0 Å². The Morgan fingerprint density at radius 2 is 1.96 bits per heavy atom. The van der Waals surface area contributed by atoms with E-state index in [2.05, 4.69) is 20.9 Å². The van der Waals surface area contributed by atoms with Gasteiger partial charge in [-0.2, -0.15) is 0 Å². The predicted octanol–water partition coefficient (Wildman–Crippen LogP) is 4.59. The van der Waals surface area contributed by atoms with Gasteiger partial charge in [-0.25, -0.2) is 0 Å².